The van der Waals surface area contributed by atoms with E-state index in [4.69, 9.17) is 10.1 Å². The summed E-state index contributed by atoms with van der Waals surface area (Å²) in [5.41, 5.74) is 8.23. The maximum absolute atomic E-state index is 11.3. The lowest BCUT2D eigenvalue weighted by Crippen LogP contribution is -2.65. The summed E-state index contributed by atoms with van der Waals surface area (Å²) in [7, 11) is -4.71. The number of esters is 1. The van der Waals surface area contributed by atoms with Gasteiger partial charge in [0.05, 0.1) is 12.6 Å². The van der Waals surface area contributed by atoms with Crippen LogP contribution in [0.15, 0.2) is 5.11 Å². The summed E-state index contributed by atoms with van der Waals surface area (Å²) in [6.45, 7) is 1.01. The van der Waals surface area contributed by atoms with Gasteiger partial charge in [0.1, 0.15) is 6.04 Å². The molecule has 0 aliphatic carbocycles. The van der Waals surface area contributed by atoms with Crippen molar-refractivity contribution in [3.05, 3.63) is 10.4 Å². The Morgan fingerprint density at radius 2 is 2.28 bits per heavy atom. The SMILES string of the molecule is CC(=O)OCCC1C(N=[N+]=[N-])C(=O)N1S(=O)(=O)O. The third-order valence-electron chi connectivity index (χ3n) is 2.28. The van der Waals surface area contributed by atoms with Crippen LogP contribution in [0, 0.1) is 0 Å². The van der Waals surface area contributed by atoms with Crippen molar-refractivity contribution in [1.82, 2.24) is 4.31 Å². The molecule has 1 aliphatic heterocycles. The monoisotopic (exact) mass is 278 g/mol. The lowest BCUT2D eigenvalue weighted by molar-refractivity contribution is -0.144. The zero-order valence-corrected chi connectivity index (χ0v) is 10.1. The number of rotatable bonds is 5. The molecular weight excluding hydrogens is 268 g/mol. The molecule has 18 heavy (non-hydrogen) atoms. The Bertz CT molecular complexity index is 510. The maximum atomic E-state index is 11.3. The van der Waals surface area contributed by atoms with Gasteiger partial charge in [-0.2, -0.15) is 8.42 Å². The first-order valence-corrected chi connectivity index (χ1v) is 6.17. The number of carbonyl (C=O) groups is 2. The predicted octanol–water partition coefficient (Wildman–Crippen LogP) is -0.368. The molecular formula is C7H10N4O6S. The molecule has 1 saturated heterocycles. The second-order valence-electron chi connectivity index (χ2n) is 3.46. The summed E-state index contributed by atoms with van der Waals surface area (Å²) >= 11 is 0. The Labute approximate surface area is 102 Å². The average Bonchev–Trinajstić information content (AvgIpc) is 2.22. The number of hydrogen-bond acceptors (Lipinski definition) is 6. The van der Waals surface area contributed by atoms with E-state index in [0.717, 1.165) is 6.92 Å². The Morgan fingerprint density at radius 1 is 1.67 bits per heavy atom. The van der Waals surface area contributed by atoms with Gasteiger partial charge in [0, 0.05) is 18.3 Å². The van der Waals surface area contributed by atoms with Gasteiger partial charge in [0.2, 0.25) is 5.91 Å². The number of carbonyl (C=O) groups excluding carboxylic acids is 2. The van der Waals surface area contributed by atoms with E-state index in [9.17, 15) is 18.0 Å². The Morgan fingerprint density at radius 3 is 2.72 bits per heavy atom. The van der Waals surface area contributed by atoms with Crippen LogP contribution in [0.5, 0.6) is 0 Å². The molecule has 2 atom stereocenters. The van der Waals surface area contributed by atoms with Crippen LogP contribution in [0.4, 0.5) is 0 Å². The van der Waals surface area contributed by atoms with Gasteiger partial charge in [-0.05, 0) is 5.53 Å². The molecule has 0 aromatic rings. The third kappa shape index (κ3) is 2.88. The Kier molecular flexibility index (Phi) is 4.11. The Balaban J connectivity index is 2.77. The van der Waals surface area contributed by atoms with Crippen LogP contribution >= 0.6 is 0 Å². The topological polar surface area (TPSA) is 150 Å². The van der Waals surface area contributed by atoms with Gasteiger partial charge in [0.25, 0.3) is 0 Å². The molecule has 1 amide bonds. The van der Waals surface area contributed by atoms with E-state index in [1.807, 2.05) is 0 Å². The van der Waals surface area contributed by atoms with Crippen molar-refractivity contribution in [3.63, 3.8) is 0 Å². The van der Waals surface area contributed by atoms with Crippen molar-refractivity contribution < 1.29 is 27.3 Å². The van der Waals surface area contributed by atoms with Gasteiger partial charge in [-0.25, -0.2) is 4.31 Å². The molecule has 10 nitrogen and oxygen atoms in total. The van der Waals surface area contributed by atoms with Crippen LogP contribution in [0.1, 0.15) is 13.3 Å². The van der Waals surface area contributed by atoms with Crippen LogP contribution in [-0.4, -0.2) is 47.8 Å². The van der Waals surface area contributed by atoms with Crippen molar-refractivity contribution in [2.45, 2.75) is 25.4 Å². The first-order valence-electron chi connectivity index (χ1n) is 4.77. The molecule has 0 radical (unpaired) electrons. The number of β-lactam (4-membered cyclic amide) rings is 1. The molecule has 100 valence electrons. The average molecular weight is 278 g/mol. The highest BCUT2D eigenvalue weighted by atomic mass is 32.2. The lowest BCUT2D eigenvalue weighted by atomic mass is 9.97. The smallest absolute Gasteiger partial charge is 0.362 e. The summed E-state index contributed by atoms with van der Waals surface area (Å²) in [4.78, 5) is 24.3. The number of ether oxygens (including phenoxy) is 1. The minimum absolute atomic E-state index is 0.0607. The summed E-state index contributed by atoms with van der Waals surface area (Å²) in [5.74, 6) is -1.58. The zero-order valence-electron chi connectivity index (χ0n) is 9.25. The van der Waals surface area contributed by atoms with Crippen molar-refractivity contribution in [2.75, 3.05) is 6.61 Å². The number of amides is 1. The van der Waals surface area contributed by atoms with Crippen LogP contribution in [0.25, 0.3) is 10.4 Å². The standard InChI is InChI=1S/C7H10N4O6S/c1-4(12)17-3-2-5-6(9-10-8)7(13)11(5)18(14,15)16/h5-6H,2-3H2,1H3,(H,14,15,16). The molecule has 1 fully saturated rings. The lowest BCUT2D eigenvalue weighted by Gasteiger charge is -2.41. The van der Waals surface area contributed by atoms with Crippen LogP contribution in [0.3, 0.4) is 0 Å². The second-order valence-corrected chi connectivity index (χ2v) is 4.75. The fourth-order valence-electron chi connectivity index (χ4n) is 1.57. The van der Waals surface area contributed by atoms with Crippen LogP contribution in [-0.2, 0) is 24.6 Å². The predicted molar refractivity (Wildman–Crippen MR) is 56.4 cm³/mol. The molecule has 0 bridgehead atoms. The normalized spacial score (nSPS) is 23.0. The molecule has 0 saturated carbocycles. The fourth-order valence-corrected chi connectivity index (χ4v) is 2.47. The first-order chi connectivity index (χ1) is 8.29. The van der Waals surface area contributed by atoms with E-state index in [0.29, 0.717) is 0 Å². The minimum atomic E-state index is -4.71. The molecule has 0 spiro atoms. The Hall–Kier alpha value is -1.84. The van der Waals surface area contributed by atoms with E-state index in [1.54, 1.807) is 0 Å². The van der Waals surface area contributed by atoms with E-state index in [2.05, 4.69) is 14.8 Å². The molecule has 1 N–H and O–H groups in total. The van der Waals surface area contributed by atoms with Crippen molar-refractivity contribution >= 4 is 22.2 Å². The van der Waals surface area contributed by atoms with E-state index < -0.39 is 34.3 Å². The van der Waals surface area contributed by atoms with Gasteiger partial charge in [-0.15, -0.1) is 0 Å². The van der Waals surface area contributed by atoms with E-state index >= 15 is 0 Å². The number of azide groups is 1. The summed E-state index contributed by atoms with van der Waals surface area (Å²) in [6.07, 6.45) is -0.0607. The highest BCUT2D eigenvalue weighted by Crippen LogP contribution is 2.28. The van der Waals surface area contributed by atoms with Gasteiger partial charge in [-0.3, -0.25) is 14.1 Å². The molecule has 2 unspecified atom stereocenters. The van der Waals surface area contributed by atoms with Gasteiger partial charge in [0.15, 0.2) is 0 Å². The summed E-state index contributed by atoms with van der Waals surface area (Å²) < 4.78 is 35.4. The van der Waals surface area contributed by atoms with Gasteiger partial charge < -0.3 is 4.74 Å². The maximum Gasteiger partial charge on any atom is 0.362 e. The van der Waals surface area contributed by atoms with E-state index in [-0.39, 0.29) is 17.3 Å². The molecule has 1 aliphatic rings. The van der Waals surface area contributed by atoms with E-state index in [1.165, 1.54) is 0 Å². The third-order valence-corrected chi connectivity index (χ3v) is 3.23. The van der Waals surface area contributed by atoms with Crippen molar-refractivity contribution in [1.29, 1.82) is 0 Å². The highest BCUT2D eigenvalue weighted by Gasteiger charge is 2.52. The van der Waals surface area contributed by atoms with Gasteiger partial charge >= 0.3 is 16.3 Å². The van der Waals surface area contributed by atoms with Crippen LogP contribution < -0.4 is 0 Å². The fraction of sp³-hybridized carbons (Fsp3) is 0.714. The van der Waals surface area contributed by atoms with Crippen molar-refractivity contribution in [3.8, 4) is 0 Å². The van der Waals surface area contributed by atoms with Crippen LogP contribution in [0.2, 0.25) is 0 Å². The number of hydrogen-bond donors (Lipinski definition) is 1. The van der Waals surface area contributed by atoms with Gasteiger partial charge in [-0.1, -0.05) is 5.11 Å². The minimum Gasteiger partial charge on any atom is -0.466 e. The summed E-state index contributed by atoms with van der Waals surface area (Å²) in [6, 6.07) is -2.25. The zero-order chi connectivity index (χ0) is 13.9. The summed E-state index contributed by atoms with van der Waals surface area (Å²) in [5, 5.41) is 3.13. The first kappa shape index (κ1) is 14.2. The molecule has 0 aromatic carbocycles. The largest absolute Gasteiger partial charge is 0.466 e. The molecule has 1 rings (SSSR count). The molecule has 11 heteroatoms. The quantitative estimate of drug-likeness (QED) is 0.181. The molecule has 0 aromatic heterocycles. The van der Waals surface area contributed by atoms with Crippen molar-refractivity contribution in [2.24, 2.45) is 5.11 Å². The number of nitrogens with zero attached hydrogens (tertiary/aromatic N) is 4. The highest BCUT2D eigenvalue weighted by molar-refractivity contribution is 7.84. The molecule has 1 heterocycles. The second kappa shape index (κ2) is 5.21.